The van der Waals surface area contributed by atoms with Crippen molar-refractivity contribution in [3.63, 3.8) is 0 Å². The van der Waals surface area contributed by atoms with E-state index in [1.54, 1.807) is 35.4 Å². The first kappa shape index (κ1) is 20.8. The predicted octanol–water partition coefficient (Wildman–Crippen LogP) is 4.56. The molecule has 0 fully saturated rings. The number of para-hydroxylation sites is 1. The molecule has 8 heteroatoms. The number of hydrogen-bond donors (Lipinski definition) is 2. The van der Waals surface area contributed by atoms with E-state index in [1.165, 1.54) is 4.88 Å². The van der Waals surface area contributed by atoms with Gasteiger partial charge in [0.1, 0.15) is 11.4 Å². The maximum Gasteiger partial charge on any atom is 0.257 e. The lowest BCUT2D eigenvalue weighted by Crippen LogP contribution is -2.32. The van der Waals surface area contributed by atoms with E-state index in [-0.39, 0.29) is 28.7 Å². The van der Waals surface area contributed by atoms with Crippen molar-refractivity contribution in [3.05, 3.63) is 97.6 Å². The number of carbonyl (C=O) groups excluding carboxylic acids is 1. The second kappa shape index (κ2) is 8.44. The van der Waals surface area contributed by atoms with E-state index >= 15 is 0 Å². The van der Waals surface area contributed by atoms with Crippen LogP contribution < -0.4 is 10.7 Å². The summed E-state index contributed by atoms with van der Waals surface area (Å²) in [6, 6.07) is 13.9. The highest BCUT2D eigenvalue weighted by Crippen LogP contribution is 2.45. The minimum Gasteiger partial charge on any atom is -0.345 e. The first-order valence-corrected chi connectivity index (χ1v) is 12.1. The Balaban J connectivity index is 1.62. The third kappa shape index (κ3) is 3.80. The van der Waals surface area contributed by atoms with Crippen molar-refractivity contribution in [1.82, 2.24) is 19.9 Å². The number of carbonyl (C=O) groups is 1. The van der Waals surface area contributed by atoms with Gasteiger partial charge in [0, 0.05) is 50.8 Å². The first-order chi connectivity index (χ1) is 15.5. The highest BCUT2D eigenvalue weighted by atomic mass is 32.2. The molecule has 0 bridgehead atoms. The number of aromatic nitrogens is 3. The minimum absolute atomic E-state index is 0.116. The van der Waals surface area contributed by atoms with Gasteiger partial charge in [-0.3, -0.25) is 9.59 Å². The Morgan fingerprint density at radius 3 is 2.84 bits per heavy atom. The fraction of sp³-hybridized carbons (Fsp3) is 0.208. The Labute approximate surface area is 193 Å². The molecular weight excluding hydrogens is 440 g/mol. The molecule has 4 heterocycles. The monoisotopic (exact) mass is 462 g/mol. The van der Waals surface area contributed by atoms with E-state index in [0.717, 1.165) is 27.7 Å². The molecule has 4 aromatic rings. The van der Waals surface area contributed by atoms with Crippen LogP contribution in [-0.4, -0.2) is 20.4 Å². The summed E-state index contributed by atoms with van der Waals surface area (Å²) in [5.41, 5.74) is 3.45. The van der Waals surface area contributed by atoms with Crippen LogP contribution in [-0.2, 0) is 13.0 Å². The lowest BCUT2D eigenvalue weighted by atomic mass is 10.0. The summed E-state index contributed by atoms with van der Waals surface area (Å²) in [5.74, 6) is 0.286. The highest BCUT2D eigenvalue weighted by Gasteiger charge is 2.29. The Hall–Kier alpha value is -3.10. The number of thioether (sulfide) groups is 1. The van der Waals surface area contributed by atoms with E-state index in [9.17, 15) is 9.59 Å². The number of rotatable bonds is 4. The van der Waals surface area contributed by atoms with Crippen molar-refractivity contribution >= 4 is 29.0 Å². The van der Waals surface area contributed by atoms with Crippen LogP contribution in [0.15, 0.2) is 63.7 Å². The lowest BCUT2D eigenvalue weighted by Gasteiger charge is -2.19. The molecule has 1 unspecified atom stereocenters. The largest absolute Gasteiger partial charge is 0.345 e. The zero-order chi connectivity index (χ0) is 22.2. The highest BCUT2D eigenvalue weighted by molar-refractivity contribution is 7.99. The average molecular weight is 463 g/mol. The number of H-pyrrole nitrogens is 1. The summed E-state index contributed by atoms with van der Waals surface area (Å²) in [4.78, 5) is 36.1. The predicted molar refractivity (Wildman–Crippen MR) is 128 cm³/mol. The van der Waals surface area contributed by atoms with Gasteiger partial charge in [-0.1, -0.05) is 18.2 Å². The summed E-state index contributed by atoms with van der Waals surface area (Å²) in [5, 5.41) is 5.06. The number of thiophene rings is 1. The van der Waals surface area contributed by atoms with Gasteiger partial charge < -0.3 is 14.9 Å². The Morgan fingerprint density at radius 1 is 1.25 bits per heavy atom. The molecule has 5 rings (SSSR count). The molecule has 32 heavy (non-hydrogen) atoms. The van der Waals surface area contributed by atoms with Gasteiger partial charge in [0.25, 0.3) is 5.91 Å². The molecule has 6 nitrogen and oxygen atoms in total. The number of aryl methyl sites for hydroxylation is 2. The molecule has 1 amide bonds. The number of hydrogen-bond acceptors (Lipinski definition) is 5. The standard InChI is InChI=1S/C24H22N4O2S2/c1-14-12-25-22(27-14)13-26-24(30)23-17-11-21(20-8-5-9-31-20)32-19-7-4-3-6-16(19)28(17)15(2)10-18(23)29/h3-10,12,21H,11,13H2,1-2H3,(H,25,27)(H,26,30). The van der Waals surface area contributed by atoms with Crippen LogP contribution in [0.5, 0.6) is 0 Å². The van der Waals surface area contributed by atoms with Crippen molar-refractivity contribution in [1.29, 1.82) is 0 Å². The Bertz CT molecular complexity index is 1350. The number of benzene rings is 1. The zero-order valence-corrected chi connectivity index (χ0v) is 19.3. The number of pyridine rings is 1. The smallest absolute Gasteiger partial charge is 0.257 e. The molecule has 0 spiro atoms. The van der Waals surface area contributed by atoms with Gasteiger partial charge in [0.15, 0.2) is 5.43 Å². The minimum atomic E-state index is -0.373. The van der Waals surface area contributed by atoms with Gasteiger partial charge in [-0.25, -0.2) is 4.98 Å². The second-order valence-electron chi connectivity index (χ2n) is 7.80. The maximum absolute atomic E-state index is 13.3. The zero-order valence-electron chi connectivity index (χ0n) is 17.7. The number of fused-ring (bicyclic) bond motifs is 3. The summed E-state index contributed by atoms with van der Waals surface area (Å²) >= 11 is 3.48. The quantitative estimate of drug-likeness (QED) is 0.466. The van der Waals surface area contributed by atoms with Gasteiger partial charge >= 0.3 is 0 Å². The van der Waals surface area contributed by atoms with Crippen LogP contribution in [0.3, 0.4) is 0 Å². The van der Waals surface area contributed by atoms with Gasteiger partial charge in [-0.05, 0) is 37.4 Å². The molecule has 1 aliphatic heterocycles. The summed E-state index contributed by atoms with van der Waals surface area (Å²) in [6.07, 6.45) is 2.30. The normalized spacial score (nSPS) is 15.0. The van der Waals surface area contributed by atoms with E-state index < -0.39 is 0 Å². The van der Waals surface area contributed by atoms with Gasteiger partial charge in [0.05, 0.1) is 12.2 Å². The molecule has 162 valence electrons. The lowest BCUT2D eigenvalue weighted by molar-refractivity contribution is 0.0947. The molecule has 1 aliphatic rings. The van der Waals surface area contributed by atoms with Crippen LogP contribution >= 0.6 is 23.1 Å². The van der Waals surface area contributed by atoms with Crippen LogP contribution in [0.25, 0.3) is 5.69 Å². The van der Waals surface area contributed by atoms with E-state index in [1.807, 2.05) is 38.1 Å². The summed E-state index contributed by atoms with van der Waals surface area (Å²) in [7, 11) is 0. The number of imidazole rings is 1. The van der Waals surface area contributed by atoms with Gasteiger partial charge in [-0.15, -0.1) is 23.1 Å². The maximum atomic E-state index is 13.3. The van der Waals surface area contributed by atoms with Gasteiger partial charge in [0.2, 0.25) is 0 Å². The molecule has 1 aromatic carbocycles. The molecule has 3 aromatic heterocycles. The Kier molecular flexibility index (Phi) is 5.48. The number of nitrogens with zero attached hydrogens (tertiary/aromatic N) is 2. The summed E-state index contributed by atoms with van der Waals surface area (Å²) in [6.45, 7) is 4.06. The van der Waals surface area contributed by atoms with E-state index in [4.69, 9.17) is 0 Å². The average Bonchev–Trinajstić information content (AvgIpc) is 3.41. The molecule has 0 saturated carbocycles. The molecule has 0 aliphatic carbocycles. The molecule has 1 atom stereocenters. The van der Waals surface area contributed by atoms with E-state index in [0.29, 0.717) is 12.2 Å². The molecular formula is C24H22N4O2S2. The number of aromatic amines is 1. The van der Waals surface area contributed by atoms with E-state index in [2.05, 4.69) is 37.4 Å². The third-order valence-electron chi connectivity index (χ3n) is 5.51. The van der Waals surface area contributed by atoms with Crippen molar-refractivity contribution in [2.45, 2.75) is 37.0 Å². The van der Waals surface area contributed by atoms with Crippen molar-refractivity contribution < 1.29 is 4.79 Å². The van der Waals surface area contributed by atoms with Gasteiger partial charge in [-0.2, -0.15) is 0 Å². The fourth-order valence-electron chi connectivity index (χ4n) is 4.12. The fourth-order valence-corrected chi connectivity index (χ4v) is 6.32. The molecule has 2 N–H and O–H groups in total. The summed E-state index contributed by atoms with van der Waals surface area (Å²) < 4.78 is 2.07. The van der Waals surface area contributed by atoms with Crippen LogP contribution in [0.2, 0.25) is 0 Å². The number of amides is 1. The van der Waals surface area contributed by atoms with Crippen LogP contribution in [0.1, 0.15) is 43.4 Å². The molecule has 0 radical (unpaired) electrons. The number of nitrogens with one attached hydrogen (secondary N) is 2. The topological polar surface area (TPSA) is 79.8 Å². The van der Waals surface area contributed by atoms with Crippen LogP contribution in [0, 0.1) is 13.8 Å². The second-order valence-corrected chi connectivity index (χ2v) is 10.0. The Morgan fingerprint density at radius 2 is 2.09 bits per heavy atom. The van der Waals surface area contributed by atoms with Crippen LogP contribution in [0.4, 0.5) is 0 Å². The first-order valence-electron chi connectivity index (χ1n) is 10.3. The van der Waals surface area contributed by atoms with Crippen molar-refractivity contribution in [2.24, 2.45) is 0 Å². The van der Waals surface area contributed by atoms with Crippen molar-refractivity contribution in [2.75, 3.05) is 0 Å². The van der Waals surface area contributed by atoms with Crippen molar-refractivity contribution in [3.8, 4) is 5.69 Å². The molecule has 0 saturated heterocycles. The third-order valence-corrected chi connectivity index (χ3v) is 7.95. The SMILES string of the molecule is Cc1cnc(CNC(=O)c2c3n(c(C)cc2=O)-c2ccccc2SC(c2cccs2)C3)[nH]1.